The van der Waals surface area contributed by atoms with Crippen LogP contribution in [0.25, 0.3) is 67.8 Å². The van der Waals surface area contributed by atoms with Crippen LogP contribution in [0, 0.1) is 0 Å². The molecule has 7 heteroatoms. The van der Waals surface area contributed by atoms with Gasteiger partial charge in [0.1, 0.15) is 0 Å². The van der Waals surface area contributed by atoms with Gasteiger partial charge in [0.05, 0.1) is 11.4 Å². The predicted molar refractivity (Wildman–Crippen MR) is 256 cm³/mol. The van der Waals surface area contributed by atoms with Gasteiger partial charge in [-0.25, -0.2) is 19.9 Å². The number of hydrogen-bond acceptors (Lipinski definition) is 7. The summed E-state index contributed by atoms with van der Waals surface area (Å²) < 4.78 is 0. The van der Waals surface area contributed by atoms with E-state index in [-0.39, 0.29) is 0 Å². The summed E-state index contributed by atoms with van der Waals surface area (Å²) in [6.45, 7) is 4.31. The molecule has 9 rings (SSSR count). The molecule has 1 unspecified atom stereocenters. The van der Waals surface area contributed by atoms with Crippen molar-refractivity contribution in [2.75, 3.05) is 5.75 Å². The maximum absolute atomic E-state index is 5.09. The largest absolute Gasteiger partial charge is 0.265 e. The number of benzene rings is 4. The predicted octanol–water partition coefficient (Wildman–Crippen LogP) is 13.4. The smallest absolute Gasteiger partial charge is 0.164 e. The maximum Gasteiger partial charge on any atom is 0.164 e. The van der Waals surface area contributed by atoms with Gasteiger partial charge in [-0.1, -0.05) is 146 Å². The molecule has 0 radical (unpaired) electrons. The second-order valence-electron chi connectivity index (χ2n) is 14.9. The van der Waals surface area contributed by atoms with Crippen molar-refractivity contribution < 1.29 is 0 Å². The monoisotopic (exact) mass is 820 g/mol. The first-order chi connectivity index (χ1) is 30.6. The lowest BCUT2D eigenvalue weighted by atomic mass is 9.66. The van der Waals surface area contributed by atoms with E-state index in [1.165, 1.54) is 21.6 Å². The summed E-state index contributed by atoms with van der Waals surface area (Å²) in [6, 6.07) is 50.6. The summed E-state index contributed by atoms with van der Waals surface area (Å²) in [4.78, 5) is 29.9. The Morgan fingerprint density at radius 1 is 0.452 bits per heavy atom. The molecule has 5 heterocycles. The first-order valence-electron chi connectivity index (χ1n) is 20.8. The van der Waals surface area contributed by atoms with Gasteiger partial charge >= 0.3 is 0 Å². The van der Waals surface area contributed by atoms with Gasteiger partial charge in [0.2, 0.25) is 0 Å². The van der Waals surface area contributed by atoms with E-state index in [1.54, 1.807) is 0 Å². The van der Waals surface area contributed by atoms with Gasteiger partial charge in [-0.2, -0.15) is 0 Å². The van der Waals surface area contributed by atoms with Gasteiger partial charge in [-0.3, -0.25) is 9.97 Å². The van der Waals surface area contributed by atoms with Crippen molar-refractivity contribution in [1.82, 2.24) is 29.9 Å². The average molecular weight is 821 g/mol. The number of thioether (sulfide) groups is 1. The van der Waals surface area contributed by atoms with E-state index in [1.807, 2.05) is 121 Å². The summed E-state index contributed by atoms with van der Waals surface area (Å²) in [5.41, 5.74) is 11.9. The quantitative estimate of drug-likeness (QED) is 0.151. The fraction of sp³-hybridized carbons (Fsp3) is 0.0909. The fourth-order valence-corrected chi connectivity index (χ4v) is 9.16. The molecule has 0 spiro atoms. The topological polar surface area (TPSA) is 77.3 Å². The molecule has 0 aliphatic carbocycles. The van der Waals surface area contributed by atoms with Crippen molar-refractivity contribution >= 4 is 11.8 Å². The highest BCUT2D eigenvalue weighted by molar-refractivity contribution is 8.03. The minimum Gasteiger partial charge on any atom is -0.265 e. The third-order valence-electron chi connectivity index (χ3n) is 11.2. The molecule has 4 aromatic carbocycles. The van der Waals surface area contributed by atoms with Crippen molar-refractivity contribution in [3.63, 3.8) is 0 Å². The van der Waals surface area contributed by atoms with Crippen LogP contribution >= 0.6 is 11.8 Å². The number of rotatable bonds is 8. The van der Waals surface area contributed by atoms with Crippen LogP contribution in [0.4, 0.5) is 0 Å². The molecule has 0 bridgehead atoms. The Kier molecular flexibility index (Phi) is 12.0. The molecule has 0 saturated carbocycles. The van der Waals surface area contributed by atoms with E-state index < -0.39 is 5.41 Å². The van der Waals surface area contributed by atoms with Crippen LogP contribution in [-0.4, -0.2) is 35.7 Å². The maximum atomic E-state index is 5.09. The van der Waals surface area contributed by atoms with E-state index in [4.69, 9.17) is 19.9 Å². The number of aromatic nitrogens is 6. The molecule has 62 heavy (non-hydrogen) atoms. The first-order valence-corrected chi connectivity index (χ1v) is 21.8. The van der Waals surface area contributed by atoms with Crippen LogP contribution in [0.3, 0.4) is 0 Å². The van der Waals surface area contributed by atoms with E-state index in [0.29, 0.717) is 17.5 Å². The summed E-state index contributed by atoms with van der Waals surface area (Å²) in [5, 5.41) is 0. The molecule has 6 nitrogen and oxygen atoms in total. The van der Waals surface area contributed by atoms with Gasteiger partial charge in [-0.15, -0.1) is 11.8 Å². The van der Waals surface area contributed by atoms with Crippen molar-refractivity contribution in [3.8, 4) is 67.8 Å². The minimum atomic E-state index is -0.519. The Morgan fingerprint density at radius 3 is 1.40 bits per heavy atom. The van der Waals surface area contributed by atoms with Crippen LogP contribution in [0.15, 0.2) is 217 Å². The van der Waals surface area contributed by atoms with Crippen molar-refractivity contribution in [1.29, 1.82) is 0 Å². The summed E-state index contributed by atoms with van der Waals surface area (Å²) >= 11 is 1.87. The Labute approximate surface area is 367 Å². The molecule has 0 N–H and O–H groups in total. The molecule has 0 fully saturated rings. The lowest BCUT2D eigenvalue weighted by Crippen LogP contribution is -2.31. The summed E-state index contributed by atoms with van der Waals surface area (Å²) in [6.07, 6.45) is 21.4. The summed E-state index contributed by atoms with van der Waals surface area (Å²) in [7, 11) is 0. The molecule has 1 atom stereocenters. The lowest BCUT2D eigenvalue weighted by Gasteiger charge is -2.38. The van der Waals surface area contributed by atoms with Crippen LogP contribution in [-0.2, 0) is 5.41 Å². The van der Waals surface area contributed by atoms with Crippen LogP contribution in [0.2, 0.25) is 0 Å². The number of pyridine rings is 3. The normalized spacial score (nSPS) is 17.7. The second-order valence-corrected chi connectivity index (χ2v) is 16.0. The zero-order valence-corrected chi connectivity index (χ0v) is 35.5. The lowest BCUT2D eigenvalue weighted by molar-refractivity contribution is 0.623. The molecular weight excluding hydrogens is 777 g/mol. The first kappa shape index (κ1) is 40.1. The van der Waals surface area contributed by atoms with E-state index in [0.717, 1.165) is 62.5 Å². The van der Waals surface area contributed by atoms with Gasteiger partial charge < -0.3 is 0 Å². The molecule has 4 aromatic heterocycles. The average Bonchev–Trinajstić information content (AvgIpc) is 3.36. The standard InChI is InChI=1S/C55H44N6S/c1-3-48-51(4-2)62-36-14-6-5-13-31-55(48,46-23-19-39(20-24-46)45-37-49(40-27-32-56-33-28-40)58-50(38-45)41-29-34-57-35-30-41)47-25-21-44(22-26-47)54-60-52(42-15-9-7-10-16-42)59-53(61-54)43-17-11-8-12-18-43/h3-30,32-35,37-38H,31,36H2,1-2H3/b13-5-,14-6-,48-3+,51-4+. The molecule has 0 saturated heterocycles. The fourth-order valence-electron chi connectivity index (χ4n) is 8.16. The van der Waals surface area contributed by atoms with Gasteiger partial charge in [0.15, 0.2) is 17.5 Å². The molecule has 0 amide bonds. The Morgan fingerprint density at radius 2 is 0.919 bits per heavy atom. The molecule has 8 aromatic rings. The van der Waals surface area contributed by atoms with Gasteiger partial charge in [0, 0.05) is 68.7 Å². The zero-order chi connectivity index (χ0) is 42.1. The molecule has 300 valence electrons. The zero-order valence-electron chi connectivity index (χ0n) is 34.6. The second kappa shape index (κ2) is 18.5. The van der Waals surface area contributed by atoms with Crippen molar-refractivity contribution in [2.45, 2.75) is 25.7 Å². The van der Waals surface area contributed by atoms with Crippen LogP contribution < -0.4 is 0 Å². The van der Waals surface area contributed by atoms with Crippen LogP contribution in [0.5, 0.6) is 0 Å². The highest BCUT2D eigenvalue weighted by atomic mass is 32.2. The third kappa shape index (κ3) is 8.36. The molecular formula is C55H44N6S. The highest BCUT2D eigenvalue weighted by Gasteiger charge is 2.39. The van der Waals surface area contributed by atoms with E-state index in [2.05, 4.69) is 121 Å². The highest BCUT2D eigenvalue weighted by Crippen LogP contribution is 2.49. The Bertz CT molecular complexity index is 2620. The molecule has 1 aliphatic heterocycles. The molecule has 1 aliphatic rings. The minimum absolute atomic E-state index is 0.519. The number of hydrogen-bond donors (Lipinski definition) is 0. The number of nitrogens with zero attached hydrogens (tertiary/aromatic N) is 6. The summed E-state index contributed by atoms with van der Waals surface area (Å²) in [5.74, 6) is 2.79. The van der Waals surface area contributed by atoms with Gasteiger partial charge in [-0.05, 0) is 84.5 Å². The number of allylic oxidation sites excluding steroid dienone is 6. The van der Waals surface area contributed by atoms with Crippen LogP contribution in [0.1, 0.15) is 31.4 Å². The third-order valence-corrected chi connectivity index (χ3v) is 12.4. The Balaban J connectivity index is 1.18. The van der Waals surface area contributed by atoms with E-state index >= 15 is 0 Å². The van der Waals surface area contributed by atoms with Crippen molar-refractivity contribution in [2.24, 2.45) is 0 Å². The Hall–Kier alpha value is -7.35. The van der Waals surface area contributed by atoms with E-state index in [9.17, 15) is 0 Å². The van der Waals surface area contributed by atoms with Crippen molar-refractivity contribution in [3.05, 3.63) is 228 Å². The van der Waals surface area contributed by atoms with Gasteiger partial charge in [0.25, 0.3) is 0 Å². The SMILES string of the molecule is C/C=C1\C(=C/C)SC/C=C\C=C/CC1(c1ccc(-c2cc(-c3ccncc3)nc(-c3ccncc3)c2)cc1)c1ccc(-c2nc(-c3ccccc3)nc(-c3ccccc3)n2)cc1.